The van der Waals surface area contributed by atoms with E-state index >= 15 is 0 Å². The van der Waals surface area contributed by atoms with Crippen LogP contribution in [-0.2, 0) is 15.5 Å². The van der Waals surface area contributed by atoms with E-state index < -0.39 is 27.7 Å². The van der Waals surface area contributed by atoms with Gasteiger partial charge in [0.1, 0.15) is 11.2 Å². The normalized spacial score (nSPS) is 15.4. The fourth-order valence-electron chi connectivity index (χ4n) is 2.52. The number of rotatable bonds is 3. The number of benzene rings is 1. The van der Waals surface area contributed by atoms with Crippen molar-refractivity contribution in [1.29, 1.82) is 0 Å². The number of amides is 2. The number of aromatic nitrogens is 2. The molecule has 3 rings (SSSR count). The number of primary amides is 1. The van der Waals surface area contributed by atoms with Gasteiger partial charge in [-0.3, -0.25) is 9.87 Å². The van der Waals surface area contributed by atoms with E-state index in [-0.39, 0.29) is 24.4 Å². The van der Waals surface area contributed by atoms with Crippen molar-refractivity contribution < 1.29 is 30.9 Å². The molecule has 154 valence electrons. The van der Waals surface area contributed by atoms with Gasteiger partial charge >= 0.3 is 12.2 Å². The quantitative estimate of drug-likeness (QED) is 0.658. The number of alkyl halides is 3. The lowest BCUT2D eigenvalue weighted by Gasteiger charge is -2.16. The Morgan fingerprint density at radius 2 is 1.79 bits per heavy atom. The van der Waals surface area contributed by atoms with Gasteiger partial charge in [-0.25, -0.2) is 9.48 Å². The summed E-state index contributed by atoms with van der Waals surface area (Å²) in [5, 5.41) is 6.42. The molecule has 2 amide bonds. The first-order valence-electron chi connectivity index (χ1n) is 7.96. The molecule has 1 aliphatic rings. The number of urea groups is 1. The van der Waals surface area contributed by atoms with Crippen LogP contribution in [0.4, 0.5) is 23.8 Å². The Hall–Kier alpha value is -2.60. The van der Waals surface area contributed by atoms with Gasteiger partial charge in [0.25, 0.3) is 10.1 Å². The third kappa shape index (κ3) is 5.23. The van der Waals surface area contributed by atoms with Crippen molar-refractivity contribution in [3.8, 4) is 5.69 Å². The van der Waals surface area contributed by atoms with Crippen molar-refractivity contribution in [2.75, 3.05) is 11.6 Å². The monoisotopic (exact) mass is 420 g/mol. The summed E-state index contributed by atoms with van der Waals surface area (Å²) in [6, 6.07) is 7.42. The van der Waals surface area contributed by atoms with Crippen molar-refractivity contribution in [2.45, 2.75) is 31.4 Å². The molecule has 1 fully saturated rings. The molecule has 0 spiro atoms. The highest BCUT2D eigenvalue weighted by molar-refractivity contribution is 7.85. The van der Waals surface area contributed by atoms with Crippen molar-refractivity contribution in [3.63, 3.8) is 0 Å². The van der Waals surface area contributed by atoms with E-state index in [9.17, 15) is 26.4 Å². The van der Waals surface area contributed by atoms with Crippen molar-refractivity contribution >= 4 is 22.0 Å². The van der Waals surface area contributed by atoms with Gasteiger partial charge in [-0.1, -0.05) is 17.7 Å². The van der Waals surface area contributed by atoms with Crippen molar-refractivity contribution in [2.24, 2.45) is 5.73 Å². The predicted molar refractivity (Wildman–Crippen MR) is 95.9 cm³/mol. The van der Waals surface area contributed by atoms with Crippen LogP contribution in [0.1, 0.15) is 24.1 Å². The summed E-state index contributed by atoms with van der Waals surface area (Å²) >= 11 is 0. The van der Waals surface area contributed by atoms with Gasteiger partial charge in [0.05, 0.1) is 17.6 Å². The minimum atomic E-state index is -4.37. The molecule has 2 aromatic rings. The summed E-state index contributed by atoms with van der Waals surface area (Å²) in [6.07, 6.45) is -3.66. The number of carbonyl (C=O) groups is 1. The molecular formula is C16H19F3N4O4S. The van der Waals surface area contributed by atoms with Crippen molar-refractivity contribution in [3.05, 3.63) is 41.6 Å². The Bertz CT molecular complexity index is 957. The first-order valence-corrected chi connectivity index (χ1v) is 9.81. The number of carbonyl (C=O) groups excluding carboxylic acids is 1. The lowest BCUT2D eigenvalue weighted by atomic mass is 10.0. The van der Waals surface area contributed by atoms with E-state index in [2.05, 4.69) is 10.4 Å². The molecule has 1 aliphatic carbocycles. The van der Waals surface area contributed by atoms with E-state index in [1.54, 1.807) is 24.3 Å². The second-order valence-electron chi connectivity index (χ2n) is 6.46. The molecule has 4 N–H and O–H groups in total. The molecule has 1 saturated carbocycles. The molecule has 0 radical (unpaired) electrons. The minimum absolute atomic E-state index is 0.00256. The maximum atomic E-state index is 13.3. The number of hydrogen-bond acceptors (Lipinski definition) is 4. The van der Waals surface area contributed by atoms with Crippen molar-refractivity contribution in [1.82, 2.24) is 9.78 Å². The highest BCUT2D eigenvalue weighted by Crippen LogP contribution is 2.58. The molecule has 1 aromatic heterocycles. The standard InChI is InChI=1S/C15H15F3N4O.CH4O3S/c1-9-2-4-10(5-3-9)22-12(20-13(19)23)8-11(21-22)14(6-7-14)15(16,17)18;1-5(2,3)4/h2-5,8H,6-7H2,1H3,(H3,19,20,23);1H3,(H,2,3,4). The fraction of sp³-hybridized carbons (Fsp3) is 0.375. The third-order valence-electron chi connectivity index (χ3n) is 4.02. The van der Waals surface area contributed by atoms with Crippen LogP contribution in [0.5, 0.6) is 0 Å². The number of anilines is 1. The molecule has 8 nitrogen and oxygen atoms in total. The molecule has 12 heteroatoms. The molecule has 0 atom stereocenters. The number of hydrogen-bond donors (Lipinski definition) is 3. The van der Waals surface area contributed by atoms with Gasteiger partial charge in [0.2, 0.25) is 0 Å². The summed E-state index contributed by atoms with van der Waals surface area (Å²) < 4.78 is 67.0. The van der Waals surface area contributed by atoms with Crippen LogP contribution >= 0.6 is 0 Å². The van der Waals surface area contributed by atoms with E-state index in [1.807, 2.05) is 6.92 Å². The van der Waals surface area contributed by atoms with Crippen LogP contribution in [0.15, 0.2) is 30.3 Å². The van der Waals surface area contributed by atoms with Gasteiger partial charge < -0.3 is 5.73 Å². The average molecular weight is 420 g/mol. The molecule has 0 unspecified atom stereocenters. The Morgan fingerprint density at radius 3 is 2.18 bits per heavy atom. The number of halogens is 3. The zero-order valence-corrected chi connectivity index (χ0v) is 15.8. The highest BCUT2D eigenvalue weighted by Gasteiger charge is 2.65. The van der Waals surface area contributed by atoms with E-state index in [0.717, 1.165) is 5.56 Å². The van der Waals surface area contributed by atoms with Gasteiger partial charge in [-0.2, -0.15) is 26.7 Å². The van der Waals surface area contributed by atoms with E-state index in [1.165, 1.54) is 10.7 Å². The van der Waals surface area contributed by atoms with Crippen LogP contribution < -0.4 is 11.1 Å². The van der Waals surface area contributed by atoms with E-state index in [0.29, 0.717) is 11.9 Å². The van der Waals surface area contributed by atoms with Gasteiger partial charge in [0.15, 0.2) is 0 Å². The van der Waals surface area contributed by atoms with Crippen LogP contribution in [-0.4, -0.2) is 41.2 Å². The van der Waals surface area contributed by atoms with E-state index in [4.69, 9.17) is 10.3 Å². The summed E-state index contributed by atoms with van der Waals surface area (Å²) in [4.78, 5) is 11.1. The minimum Gasteiger partial charge on any atom is -0.351 e. The summed E-state index contributed by atoms with van der Waals surface area (Å²) in [7, 11) is -3.67. The Labute approximate surface area is 159 Å². The Balaban J connectivity index is 0.000000500. The zero-order valence-electron chi connectivity index (χ0n) is 15.0. The van der Waals surface area contributed by atoms with Gasteiger partial charge in [0, 0.05) is 6.07 Å². The molecule has 1 heterocycles. The number of nitrogens with zero attached hydrogens (tertiary/aromatic N) is 2. The first kappa shape index (κ1) is 21.7. The smallest absolute Gasteiger partial charge is 0.351 e. The molecule has 28 heavy (non-hydrogen) atoms. The maximum absolute atomic E-state index is 13.3. The molecule has 0 aliphatic heterocycles. The number of nitrogens with one attached hydrogen (secondary N) is 1. The first-order chi connectivity index (χ1) is 12.7. The Morgan fingerprint density at radius 1 is 1.29 bits per heavy atom. The second-order valence-corrected chi connectivity index (χ2v) is 7.93. The maximum Gasteiger partial charge on any atom is 0.400 e. The molecule has 0 saturated heterocycles. The topological polar surface area (TPSA) is 127 Å². The predicted octanol–water partition coefficient (Wildman–Crippen LogP) is 2.77. The van der Waals surface area contributed by atoms with Gasteiger partial charge in [-0.15, -0.1) is 0 Å². The van der Waals surface area contributed by atoms with Gasteiger partial charge in [-0.05, 0) is 31.9 Å². The largest absolute Gasteiger partial charge is 0.400 e. The Kier molecular flexibility index (Phi) is 5.76. The number of nitrogens with two attached hydrogens (primary N) is 1. The average Bonchev–Trinajstić information content (AvgIpc) is 3.23. The second kappa shape index (κ2) is 7.43. The van der Waals surface area contributed by atoms with Crippen LogP contribution in [0.25, 0.3) is 5.69 Å². The summed E-state index contributed by atoms with van der Waals surface area (Å²) in [6.45, 7) is 1.89. The SMILES string of the molecule is CS(=O)(=O)O.Cc1ccc(-n2nc(C3(C(F)(F)F)CC3)cc2NC(N)=O)cc1. The molecule has 0 bridgehead atoms. The lowest BCUT2D eigenvalue weighted by molar-refractivity contribution is -0.161. The third-order valence-corrected chi connectivity index (χ3v) is 4.02. The highest BCUT2D eigenvalue weighted by atomic mass is 32.2. The van der Waals surface area contributed by atoms with Crippen LogP contribution in [0, 0.1) is 6.92 Å². The molecular weight excluding hydrogens is 401 g/mol. The van der Waals surface area contributed by atoms with Crippen LogP contribution in [0.2, 0.25) is 0 Å². The summed E-state index contributed by atoms with van der Waals surface area (Å²) in [5.41, 5.74) is 4.62. The summed E-state index contributed by atoms with van der Waals surface area (Å²) in [5.74, 6) is 0.117. The van der Waals surface area contributed by atoms with Crippen LogP contribution in [0.3, 0.4) is 0 Å². The molecule has 1 aromatic carbocycles. The zero-order chi connectivity index (χ0) is 21.3. The number of aryl methyl sites for hydroxylation is 1. The lowest BCUT2D eigenvalue weighted by Crippen LogP contribution is -2.29. The fourth-order valence-corrected chi connectivity index (χ4v) is 2.52.